The van der Waals surface area contributed by atoms with Crippen molar-refractivity contribution in [2.45, 2.75) is 70.1 Å². The van der Waals surface area contributed by atoms with Crippen LogP contribution in [0.4, 0.5) is 5.82 Å². The molecule has 0 bridgehead atoms. The summed E-state index contributed by atoms with van der Waals surface area (Å²) in [6.45, 7) is 5.08. The van der Waals surface area contributed by atoms with Crippen molar-refractivity contribution in [3.05, 3.63) is 23.9 Å². The van der Waals surface area contributed by atoms with Gasteiger partial charge >= 0.3 is 0 Å². The zero-order valence-electron chi connectivity index (χ0n) is 18.3. The highest BCUT2D eigenvalue weighted by molar-refractivity contribution is 14.0. The largest absolute Gasteiger partial charge is 0.377 e. The number of anilines is 1. The molecule has 0 amide bonds. The molecule has 0 radical (unpaired) electrons. The molecule has 0 aromatic carbocycles. The van der Waals surface area contributed by atoms with Gasteiger partial charge in [0.1, 0.15) is 5.82 Å². The van der Waals surface area contributed by atoms with Gasteiger partial charge in [-0.1, -0.05) is 18.9 Å². The number of hydrogen-bond acceptors (Lipinski definition) is 4. The topological polar surface area (TPSA) is 61.8 Å². The number of ether oxygens (including phenoxy) is 1. The fourth-order valence-electron chi connectivity index (χ4n) is 6.37. The highest BCUT2D eigenvalue weighted by Crippen LogP contribution is 2.60. The van der Waals surface area contributed by atoms with Crippen molar-refractivity contribution < 1.29 is 4.74 Å². The number of aryl methyl sites for hydroxylation is 1. The Hall–Kier alpha value is -1.09. The summed E-state index contributed by atoms with van der Waals surface area (Å²) < 4.78 is 6.14. The Morgan fingerprint density at radius 1 is 1.17 bits per heavy atom. The molecule has 2 aliphatic heterocycles. The summed E-state index contributed by atoms with van der Waals surface area (Å²) in [7, 11) is 1.91. The molecule has 2 aliphatic carbocycles. The zero-order valence-corrected chi connectivity index (χ0v) is 20.6. The van der Waals surface area contributed by atoms with Crippen molar-refractivity contribution >= 4 is 35.8 Å². The molecule has 7 heteroatoms. The number of aromatic nitrogens is 1. The van der Waals surface area contributed by atoms with E-state index in [2.05, 4.69) is 50.6 Å². The molecule has 3 atom stereocenters. The smallest absolute Gasteiger partial charge is 0.191 e. The van der Waals surface area contributed by atoms with Gasteiger partial charge in [0.05, 0.1) is 6.10 Å². The van der Waals surface area contributed by atoms with Crippen molar-refractivity contribution in [2.75, 3.05) is 31.6 Å². The summed E-state index contributed by atoms with van der Waals surface area (Å²) >= 11 is 0. The van der Waals surface area contributed by atoms with Gasteiger partial charge < -0.3 is 20.3 Å². The van der Waals surface area contributed by atoms with E-state index in [1.807, 2.05) is 7.05 Å². The van der Waals surface area contributed by atoms with Crippen molar-refractivity contribution in [3.63, 3.8) is 0 Å². The van der Waals surface area contributed by atoms with Gasteiger partial charge in [0.2, 0.25) is 0 Å². The van der Waals surface area contributed by atoms with E-state index in [9.17, 15) is 0 Å². The molecule has 2 saturated carbocycles. The maximum Gasteiger partial charge on any atom is 0.191 e. The Morgan fingerprint density at radius 3 is 2.63 bits per heavy atom. The lowest BCUT2D eigenvalue weighted by atomic mass is 9.54. The van der Waals surface area contributed by atoms with Gasteiger partial charge in [0.25, 0.3) is 0 Å². The normalized spacial score (nSPS) is 30.5. The van der Waals surface area contributed by atoms with Crippen LogP contribution in [0.5, 0.6) is 0 Å². The summed E-state index contributed by atoms with van der Waals surface area (Å²) in [5.41, 5.74) is 1.45. The SMILES string of the molecule is CN=C(NC1CCN(c2cccc(C)n2)CC1)NC1C2CCOC2C12CCCC2.I. The van der Waals surface area contributed by atoms with Crippen molar-refractivity contribution in [3.8, 4) is 0 Å². The molecule has 1 aromatic rings. The fourth-order valence-corrected chi connectivity index (χ4v) is 6.37. The number of hydrogen-bond donors (Lipinski definition) is 2. The molecule has 1 aromatic heterocycles. The van der Waals surface area contributed by atoms with Crippen LogP contribution >= 0.6 is 24.0 Å². The molecule has 5 rings (SSSR count). The van der Waals surface area contributed by atoms with Crippen molar-refractivity contribution in [1.29, 1.82) is 0 Å². The Bertz CT molecular complexity index is 758. The van der Waals surface area contributed by atoms with Gasteiger partial charge in [-0.05, 0) is 51.2 Å². The first kappa shape index (κ1) is 22.1. The minimum atomic E-state index is 0. The first-order valence-electron chi connectivity index (χ1n) is 11.5. The van der Waals surface area contributed by atoms with E-state index < -0.39 is 0 Å². The molecular formula is C23H36IN5O. The van der Waals surface area contributed by atoms with Crippen molar-refractivity contribution in [1.82, 2.24) is 15.6 Å². The Balaban J connectivity index is 0.00000218. The molecule has 3 heterocycles. The predicted molar refractivity (Wildman–Crippen MR) is 132 cm³/mol. The molecule has 4 aliphatic rings. The monoisotopic (exact) mass is 525 g/mol. The molecule has 1 spiro atoms. The molecule has 2 N–H and O–H groups in total. The van der Waals surface area contributed by atoms with E-state index >= 15 is 0 Å². The number of aliphatic imine (C=N–C) groups is 1. The van der Waals surface area contributed by atoms with Crippen LogP contribution in [-0.2, 0) is 4.74 Å². The van der Waals surface area contributed by atoms with Crippen LogP contribution < -0.4 is 15.5 Å². The Labute approximate surface area is 197 Å². The summed E-state index contributed by atoms with van der Waals surface area (Å²) in [6.07, 6.45) is 9.23. The fraction of sp³-hybridized carbons (Fsp3) is 0.739. The van der Waals surface area contributed by atoms with Crippen LogP contribution in [0.25, 0.3) is 0 Å². The number of halogens is 1. The summed E-state index contributed by atoms with van der Waals surface area (Å²) in [5, 5.41) is 7.56. The number of fused-ring (bicyclic) bond motifs is 2. The molecule has 166 valence electrons. The maximum absolute atomic E-state index is 6.14. The third-order valence-electron chi connectivity index (χ3n) is 7.84. The van der Waals surface area contributed by atoms with Gasteiger partial charge in [-0.2, -0.15) is 0 Å². The number of nitrogens with one attached hydrogen (secondary N) is 2. The van der Waals surface area contributed by atoms with Crippen LogP contribution in [0, 0.1) is 18.3 Å². The van der Waals surface area contributed by atoms with E-state index in [1.54, 1.807) is 0 Å². The molecule has 4 fully saturated rings. The predicted octanol–water partition coefficient (Wildman–Crippen LogP) is 3.49. The van der Waals surface area contributed by atoms with Gasteiger partial charge in [0, 0.05) is 55.9 Å². The van der Waals surface area contributed by atoms with Crippen LogP contribution in [0.3, 0.4) is 0 Å². The number of pyridine rings is 1. The molecular weight excluding hydrogens is 489 g/mol. The summed E-state index contributed by atoms with van der Waals surface area (Å²) in [6, 6.07) is 7.28. The minimum Gasteiger partial charge on any atom is -0.377 e. The standard InChI is InChI=1S/C23H35N5O.HI/c1-16-6-5-7-19(25-16)28-13-8-17(9-14-28)26-22(24-2)27-20-18-10-15-29-21(18)23(20)11-3-4-12-23;/h5-7,17-18,20-21H,3-4,8-15H2,1-2H3,(H2,24,26,27);1H. The van der Waals surface area contributed by atoms with Gasteiger partial charge in [-0.15, -0.1) is 24.0 Å². The molecule has 6 nitrogen and oxygen atoms in total. The van der Waals surface area contributed by atoms with Gasteiger partial charge in [-0.3, -0.25) is 4.99 Å². The summed E-state index contributed by atoms with van der Waals surface area (Å²) in [5.74, 6) is 2.76. The van der Waals surface area contributed by atoms with E-state index in [1.165, 1.54) is 32.1 Å². The lowest BCUT2D eigenvalue weighted by molar-refractivity contribution is -0.125. The number of piperidine rings is 1. The van der Waals surface area contributed by atoms with Crippen LogP contribution in [-0.4, -0.2) is 55.9 Å². The highest BCUT2D eigenvalue weighted by Gasteiger charge is 2.65. The van der Waals surface area contributed by atoms with E-state index in [-0.39, 0.29) is 24.0 Å². The van der Waals surface area contributed by atoms with Gasteiger partial charge in [0.15, 0.2) is 5.96 Å². The van der Waals surface area contributed by atoms with Crippen LogP contribution in [0.1, 0.15) is 50.6 Å². The molecule has 3 unspecified atom stereocenters. The number of nitrogens with zero attached hydrogens (tertiary/aromatic N) is 3. The lowest BCUT2D eigenvalue weighted by Crippen LogP contribution is -2.69. The number of guanidine groups is 1. The third kappa shape index (κ3) is 3.92. The van der Waals surface area contributed by atoms with E-state index in [0.29, 0.717) is 29.5 Å². The van der Waals surface area contributed by atoms with Crippen LogP contribution in [0.15, 0.2) is 23.2 Å². The average molecular weight is 525 g/mol. The lowest BCUT2D eigenvalue weighted by Gasteiger charge is -2.57. The van der Waals surface area contributed by atoms with Gasteiger partial charge in [-0.25, -0.2) is 4.98 Å². The Kier molecular flexibility index (Phi) is 6.77. The Morgan fingerprint density at radius 2 is 1.93 bits per heavy atom. The average Bonchev–Trinajstić information content (AvgIpc) is 3.40. The van der Waals surface area contributed by atoms with Crippen molar-refractivity contribution in [2.24, 2.45) is 16.3 Å². The van der Waals surface area contributed by atoms with E-state index in [0.717, 1.165) is 50.0 Å². The third-order valence-corrected chi connectivity index (χ3v) is 7.84. The molecule has 30 heavy (non-hydrogen) atoms. The quantitative estimate of drug-likeness (QED) is 0.360. The first-order valence-corrected chi connectivity index (χ1v) is 11.5. The van der Waals surface area contributed by atoms with Crippen LogP contribution in [0.2, 0.25) is 0 Å². The zero-order chi connectivity index (χ0) is 19.8. The number of rotatable bonds is 3. The summed E-state index contributed by atoms with van der Waals surface area (Å²) in [4.78, 5) is 11.7. The maximum atomic E-state index is 6.14. The second-order valence-electron chi connectivity index (χ2n) is 9.42. The molecule has 2 saturated heterocycles. The van der Waals surface area contributed by atoms with E-state index in [4.69, 9.17) is 4.74 Å². The second-order valence-corrected chi connectivity index (χ2v) is 9.42. The second kappa shape index (κ2) is 9.18. The minimum absolute atomic E-state index is 0. The highest BCUT2D eigenvalue weighted by atomic mass is 127. The first-order chi connectivity index (χ1) is 14.2.